The monoisotopic (exact) mass is 370 g/mol. The predicted molar refractivity (Wildman–Crippen MR) is 112 cm³/mol. The van der Waals surface area contributed by atoms with Crippen LogP contribution in [-0.2, 0) is 9.47 Å². The third-order valence-corrected chi connectivity index (χ3v) is 6.46. The first kappa shape index (κ1) is 23.9. The zero-order chi connectivity index (χ0) is 19.1. The second-order valence-electron chi connectivity index (χ2n) is 8.32. The molecule has 3 heteroatoms. The second kappa shape index (κ2) is 14.9. The van der Waals surface area contributed by atoms with E-state index in [1.807, 2.05) is 0 Å². The van der Waals surface area contributed by atoms with Crippen molar-refractivity contribution in [3.63, 3.8) is 0 Å². The Balaban J connectivity index is 1.98. The molecule has 0 bridgehead atoms. The average Bonchev–Trinajstić information content (AvgIpc) is 3.11. The molecule has 0 unspecified atom stereocenters. The van der Waals surface area contributed by atoms with Gasteiger partial charge in [0.1, 0.15) is 12.6 Å². The minimum absolute atomic E-state index is 0.0611. The van der Waals surface area contributed by atoms with Crippen LogP contribution in [0.15, 0.2) is 0 Å². The minimum Gasteiger partial charge on any atom is -0.350 e. The van der Waals surface area contributed by atoms with Gasteiger partial charge in [0.15, 0.2) is 6.29 Å². The van der Waals surface area contributed by atoms with Crippen LogP contribution in [0.4, 0.5) is 0 Å². The van der Waals surface area contributed by atoms with E-state index in [4.69, 9.17) is 9.47 Å². The highest BCUT2D eigenvalue weighted by Gasteiger charge is 2.33. The summed E-state index contributed by atoms with van der Waals surface area (Å²) in [6.45, 7) is 14.7. The minimum atomic E-state index is 0.0611. The zero-order valence-corrected chi connectivity index (χ0v) is 18.4. The standard InChI is InChI=1S/C23H48NO2/c1-5-9-10-11-12-13-14-15-16-17-18-19-23-25-21-22(26-23)20-24(6-2,7-3)8-4/h22-23H,5-21H2,1-4H3/q+1/t22-,23-/m0/s1. The Bertz CT molecular complexity index is 309. The summed E-state index contributed by atoms with van der Waals surface area (Å²) in [7, 11) is 0. The van der Waals surface area contributed by atoms with Crippen molar-refractivity contribution in [2.45, 2.75) is 117 Å². The Morgan fingerprint density at radius 2 is 1.19 bits per heavy atom. The summed E-state index contributed by atoms with van der Waals surface area (Å²) in [5.41, 5.74) is 0. The molecule has 0 aromatic rings. The van der Waals surface area contributed by atoms with E-state index in [0.717, 1.165) is 24.1 Å². The lowest BCUT2D eigenvalue weighted by Gasteiger charge is -2.37. The summed E-state index contributed by atoms with van der Waals surface area (Å²) >= 11 is 0. The van der Waals surface area contributed by atoms with Crippen molar-refractivity contribution >= 4 is 0 Å². The SMILES string of the molecule is CCCCCCCCCCCCC[C@H]1OC[C@H](C[N+](CC)(CC)CC)O1. The van der Waals surface area contributed by atoms with E-state index in [9.17, 15) is 0 Å². The van der Waals surface area contributed by atoms with Gasteiger partial charge in [-0.05, 0) is 33.6 Å². The third-order valence-electron chi connectivity index (χ3n) is 6.46. The maximum absolute atomic E-state index is 6.18. The molecule has 2 atom stereocenters. The lowest BCUT2D eigenvalue weighted by Crippen LogP contribution is -2.52. The zero-order valence-electron chi connectivity index (χ0n) is 18.4. The van der Waals surface area contributed by atoms with Crippen LogP contribution in [-0.4, -0.2) is 49.7 Å². The second-order valence-corrected chi connectivity index (χ2v) is 8.32. The van der Waals surface area contributed by atoms with Crippen LogP contribution in [0.2, 0.25) is 0 Å². The fraction of sp³-hybridized carbons (Fsp3) is 1.00. The van der Waals surface area contributed by atoms with Gasteiger partial charge in [0, 0.05) is 0 Å². The topological polar surface area (TPSA) is 18.5 Å². The highest BCUT2D eigenvalue weighted by molar-refractivity contribution is 4.66. The van der Waals surface area contributed by atoms with Crippen molar-refractivity contribution in [1.29, 1.82) is 0 Å². The smallest absolute Gasteiger partial charge is 0.158 e. The first-order valence-corrected chi connectivity index (χ1v) is 11.8. The Labute approximate surface area is 164 Å². The van der Waals surface area contributed by atoms with Gasteiger partial charge in [-0.1, -0.05) is 71.1 Å². The van der Waals surface area contributed by atoms with Gasteiger partial charge in [-0.2, -0.15) is 0 Å². The molecule has 1 aliphatic rings. The molecule has 0 aromatic heterocycles. The molecule has 0 saturated carbocycles. The Hall–Kier alpha value is -0.120. The molecule has 0 amide bonds. The normalized spacial score (nSPS) is 20.8. The Morgan fingerprint density at radius 3 is 1.69 bits per heavy atom. The summed E-state index contributed by atoms with van der Waals surface area (Å²) in [6, 6.07) is 0. The number of hydrogen-bond donors (Lipinski definition) is 0. The number of rotatable bonds is 17. The first-order chi connectivity index (χ1) is 12.7. The van der Waals surface area contributed by atoms with Crippen LogP contribution in [0.5, 0.6) is 0 Å². The average molecular weight is 371 g/mol. The van der Waals surface area contributed by atoms with E-state index in [2.05, 4.69) is 27.7 Å². The summed E-state index contributed by atoms with van der Waals surface area (Å²) < 4.78 is 13.2. The molecule has 0 aromatic carbocycles. The van der Waals surface area contributed by atoms with E-state index in [1.54, 1.807) is 0 Å². The number of quaternary nitrogens is 1. The molecule has 0 aliphatic carbocycles. The number of hydrogen-bond acceptors (Lipinski definition) is 2. The maximum atomic E-state index is 6.18. The van der Waals surface area contributed by atoms with Crippen LogP contribution < -0.4 is 0 Å². The van der Waals surface area contributed by atoms with Gasteiger partial charge in [0.05, 0.1) is 26.2 Å². The van der Waals surface area contributed by atoms with Gasteiger partial charge in [-0.25, -0.2) is 0 Å². The van der Waals surface area contributed by atoms with E-state index in [0.29, 0.717) is 6.10 Å². The maximum Gasteiger partial charge on any atom is 0.158 e. The van der Waals surface area contributed by atoms with E-state index in [-0.39, 0.29) is 6.29 Å². The molecule has 1 heterocycles. The molecule has 0 spiro atoms. The summed E-state index contributed by atoms with van der Waals surface area (Å²) in [4.78, 5) is 0. The van der Waals surface area contributed by atoms with Crippen molar-refractivity contribution in [1.82, 2.24) is 0 Å². The predicted octanol–water partition coefficient (Wildman–Crippen LogP) is 6.31. The molecule has 1 rings (SSSR count). The van der Waals surface area contributed by atoms with Crippen molar-refractivity contribution in [3.8, 4) is 0 Å². The highest BCUT2D eigenvalue weighted by atomic mass is 16.7. The van der Waals surface area contributed by atoms with Crippen LogP contribution in [0.1, 0.15) is 105 Å². The molecule has 26 heavy (non-hydrogen) atoms. The Kier molecular flexibility index (Phi) is 13.7. The number of likely N-dealkylation sites (N-methyl/N-ethyl adjacent to an activating group) is 1. The fourth-order valence-electron chi connectivity index (χ4n) is 4.22. The number of unbranched alkanes of at least 4 members (excludes halogenated alkanes) is 10. The summed E-state index contributed by atoms with van der Waals surface area (Å²) in [6.07, 6.45) is 16.8. The first-order valence-electron chi connectivity index (χ1n) is 11.8. The molecule has 0 N–H and O–H groups in total. The van der Waals surface area contributed by atoms with Crippen LogP contribution in [0.25, 0.3) is 0 Å². The highest BCUT2D eigenvalue weighted by Crippen LogP contribution is 2.21. The van der Waals surface area contributed by atoms with Crippen molar-refractivity contribution in [3.05, 3.63) is 0 Å². The molecule has 0 radical (unpaired) electrons. The Morgan fingerprint density at radius 1 is 0.692 bits per heavy atom. The number of ether oxygens (including phenoxy) is 2. The van der Waals surface area contributed by atoms with Gasteiger partial charge in [-0.15, -0.1) is 0 Å². The lowest BCUT2D eigenvalue weighted by atomic mass is 10.1. The van der Waals surface area contributed by atoms with Crippen LogP contribution in [0, 0.1) is 0 Å². The summed E-state index contributed by atoms with van der Waals surface area (Å²) in [5, 5.41) is 0. The van der Waals surface area contributed by atoms with Crippen molar-refractivity contribution in [2.75, 3.05) is 32.8 Å². The molecule has 1 fully saturated rings. The third kappa shape index (κ3) is 9.71. The van der Waals surface area contributed by atoms with Crippen LogP contribution in [0.3, 0.4) is 0 Å². The molecular weight excluding hydrogens is 322 g/mol. The molecule has 3 nitrogen and oxygen atoms in total. The van der Waals surface area contributed by atoms with Gasteiger partial charge >= 0.3 is 0 Å². The molecule has 1 saturated heterocycles. The van der Waals surface area contributed by atoms with E-state index in [1.165, 1.54) is 90.3 Å². The fourth-order valence-corrected chi connectivity index (χ4v) is 4.22. The molecule has 1 aliphatic heterocycles. The van der Waals surface area contributed by atoms with E-state index >= 15 is 0 Å². The van der Waals surface area contributed by atoms with Crippen molar-refractivity contribution in [2.24, 2.45) is 0 Å². The lowest BCUT2D eigenvalue weighted by molar-refractivity contribution is -0.925. The largest absolute Gasteiger partial charge is 0.350 e. The van der Waals surface area contributed by atoms with Crippen LogP contribution >= 0.6 is 0 Å². The van der Waals surface area contributed by atoms with Gasteiger partial charge in [0.2, 0.25) is 0 Å². The molecule has 156 valence electrons. The number of nitrogens with zero attached hydrogens (tertiary/aromatic N) is 1. The van der Waals surface area contributed by atoms with Gasteiger partial charge in [0.25, 0.3) is 0 Å². The van der Waals surface area contributed by atoms with Gasteiger partial charge < -0.3 is 14.0 Å². The van der Waals surface area contributed by atoms with E-state index < -0.39 is 0 Å². The summed E-state index contributed by atoms with van der Waals surface area (Å²) in [5.74, 6) is 0. The molecular formula is C23H48NO2+. The van der Waals surface area contributed by atoms with Crippen molar-refractivity contribution < 1.29 is 14.0 Å². The van der Waals surface area contributed by atoms with Gasteiger partial charge in [-0.3, -0.25) is 0 Å². The quantitative estimate of drug-likeness (QED) is 0.221.